The van der Waals surface area contributed by atoms with E-state index in [0.717, 1.165) is 37.1 Å². The molecular weight excluding hydrogens is 496 g/mol. The van der Waals surface area contributed by atoms with E-state index in [1.165, 1.54) is 0 Å². The number of Topliss-reactive ketones (excluding diaryl/α,β-unsaturated/α-hetero) is 1. The minimum atomic E-state index is -5.04. The van der Waals surface area contributed by atoms with Crippen molar-refractivity contribution in [2.45, 2.75) is 78.5 Å². The van der Waals surface area contributed by atoms with Crippen molar-refractivity contribution in [3.63, 3.8) is 0 Å². The summed E-state index contributed by atoms with van der Waals surface area (Å²) < 4.78 is 64.6. The largest absolute Gasteiger partial charge is 0.457 e. The lowest BCUT2D eigenvalue weighted by Crippen LogP contribution is -2.56. The Morgan fingerprint density at radius 2 is 1.58 bits per heavy atom. The van der Waals surface area contributed by atoms with Gasteiger partial charge in [-0.2, -0.15) is 13.2 Å². The highest BCUT2D eigenvalue weighted by Gasteiger charge is 2.65. The third-order valence-corrected chi connectivity index (χ3v) is 10.7. The van der Waals surface area contributed by atoms with E-state index in [-0.39, 0.29) is 34.1 Å². The fourth-order valence-corrected chi connectivity index (χ4v) is 7.61. The van der Waals surface area contributed by atoms with Crippen molar-refractivity contribution in [3.05, 3.63) is 59.4 Å². The highest BCUT2D eigenvalue weighted by Crippen LogP contribution is 2.63. The monoisotopic (exact) mass is 532 g/mol. The Hall–Kier alpha value is -2.44. The van der Waals surface area contributed by atoms with Gasteiger partial charge in [0.15, 0.2) is 11.2 Å². The summed E-state index contributed by atoms with van der Waals surface area (Å²) in [4.78, 5) is 27.0. The number of benzene rings is 1. The molecule has 3 nitrogen and oxygen atoms in total. The molecule has 4 saturated carbocycles. The summed E-state index contributed by atoms with van der Waals surface area (Å²) in [5.41, 5.74) is -2.05. The number of carbonyl (C=O) groups excluding carboxylic acids is 2. The number of ketones is 1. The maximum absolute atomic E-state index is 15.2. The van der Waals surface area contributed by atoms with E-state index in [2.05, 4.69) is 34.3 Å². The predicted molar refractivity (Wildman–Crippen MR) is 136 cm³/mol. The lowest BCUT2D eigenvalue weighted by Gasteiger charge is -2.59. The maximum atomic E-state index is 15.2. The number of allylic oxidation sites excluding steroid dienone is 2. The van der Waals surface area contributed by atoms with Crippen LogP contribution in [-0.2, 0) is 9.53 Å². The third kappa shape index (κ3) is 4.06. The van der Waals surface area contributed by atoms with Gasteiger partial charge in [0.05, 0.1) is 0 Å². The molecule has 7 heteroatoms. The van der Waals surface area contributed by atoms with Crippen molar-refractivity contribution < 1.29 is 31.9 Å². The molecule has 0 heterocycles. The van der Waals surface area contributed by atoms with Gasteiger partial charge in [-0.05, 0) is 96.4 Å². The van der Waals surface area contributed by atoms with Gasteiger partial charge in [0.1, 0.15) is 11.9 Å². The second kappa shape index (κ2) is 8.79. The number of carbonyl (C=O) groups is 2. The molecule has 0 amide bonds. The quantitative estimate of drug-likeness (QED) is 0.155. The van der Waals surface area contributed by atoms with Crippen LogP contribution in [0.5, 0.6) is 0 Å². The van der Waals surface area contributed by atoms with Gasteiger partial charge < -0.3 is 4.74 Å². The molecule has 206 valence electrons. The van der Waals surface area contributed by atoms with E-state index in [4.69, 9.17) is 4.74 Å². The zero-order chi connectivity index (χ0) is 27.8. The maximum Gasteiger partial charge on any atom is 0.405 e. The Balaban J connectivity index is 1.49. The van der Waals surface area contributed by atoms with Crippen LogP contribution in [0.4, 0.5) is 17.6 Å². The summed E-state index contributed by atoms with van der Waals surface area (Å²) in [6, 6.07) is 4.37. The van der Waals surface area contributed by atoms with Crippen LogP contribution in [0.2, 0.25) is 0 Å². The van der Waals surface area contributed by atoms with Gasteiger partial charge in [-0.25, -0.2) is 4.39 Å². The van der Waals surface area contributed by atoms with E-state index in [9.17, 15) is 14.0 Å². The first-order valence-electron chi connectivity index (χ1n) is 13.5. The van der Waals surface area contributed by atoms with E-state index in [1.807, 2.05) is 6.08 Å². The first-order valence-corrected chi connectivity index (χ1v) is 13.5. The van der Waals surface area contributed by atoms with Crippen molar-refractivity contribution in [2.75, 3.05) is 0 Å². The Labute approximate surface area is 221 Å². The number of ether oxygens (including phenoxy) is 1. The number of esters is 1. The van der Waals surface area contributed by atoms with Crippen LogP contribution in [-0.4, -0.2) is 24.0 Å². The van der Waals surface area contributed by atoms with Crippen LogP contribution in [0, 0.1) is 45.7 Å². The fraction of sp³-hybridized carbons (Fsp3) is 0.613. The van der Waals surface area contributed by atoms with Crippen molar-refractivity contribution in [1.82, 2.24) is 0 Å². The molecule has 0 saturated heterocycles. The molecule has 4 fully saturated rings. The normalized spacial score (nSPS) is 32.3. The number of hydrogen-bond donors (Lipinski definition) is 0. The molecular formula is C31H36F4O3. The second-order valence-corrected chi connectivity index (χ2v) is 13.2. The summed E-state index contributed by atoms with van der Waals surface area (Å²) >= 11 is 0. The molecule has 0 N–H and O–H groups in total. The van der Waals surface area contributed by atoms with E-state index in [1.54, 1.807) is 0 Å². The molecule has 6 aliphatic carbocycles. The van der Waals surface area contributed by atoms with Gasteiger partial charge in [0, 0.05) is 12.0 Å². The number of hydrogen-bond acceptors (Lipinski definition) is 3. The van der Waals surface area contributed by atoms with E-state index in [0.29, 0.717) is 29.9 Å². The van der Waals surface area contributed by atoms with Gasteiger partial charge in [-0.15, -0.1) is 0 Å². The Morgan fingerprint density at radius 1 is 0.974 bits per heavy atom. The molecule has 1 aromatic carbocycles. The predicted octanol–water partition coefficient (Wildman–Crippen LogP) is 7.86. The van der Waals surface area contributed by atoms with E-state index < -0.39 is 48.1 Å². The van der Waals surface area contributed by atoms with Crippen molar-refractivity contribution in [3.8, 4) is 0 Å². The smallest absolute Gasteiger partial charge is 0.405 e. The Kier molecular flexibility index (Phi) is 6.27. The van der Waals surface area contributed by atoms with Crippen molar-refractivity contribution in [2.24, 2.45) is 39.9 Å². The van der Waals surface area contributed by atoms with Crippen LogP contribution < -0.4 is 0 Å². The van der Waals surface area contributed by atoms with Gasteiger partial charge in [-0.3, -0.25) is 9.59 Å². The first-order chi connectivity index (χ1) is 17.6. The third-order valence-electron chi connectivity index (χ3n) is 10.7. The van der Waals surface area contributed by atoms with Crippen LogP contribution in [0.1, 0.15) is 76.6 Å². The molecule has 0 aromatic heterocycles. The van der Waals surface area contributed by atoms with Crippen molar-refractivity contribution in [1.29, 1.82) is 0 Å². The highest BCUT2D eigenvalue weighted by atomic mass is 19.4. The summed E-state index contributed by atoms with van der Waals surface area (Å²) in [5.74, 6) is -2.22. The number of fused-ring (bicyclic) bond motifs is 3. The minimum Gasteiger partial charge on any atom is -0.457 e. The summed E-state index contributed by atoms with van der Waals surface area (Å²) in [6.45, 7) is 12.4. The topological polar surface area (TPSA) is 43.4 Å². The van der Waals surface area contributed by atoms with Gasteiger partial charge in [0.25, 0.3) is 0 Å². The molecule has 38 heavy (non-hydrogen) atoms. The number of alkyl halides is 3. The van der Waals surface area contributed by atoms with Crippen LogP contribution in [0.15, 0.2) is 48.1 Å². The number of halogens is 4. The first kappa shape index (κ1) is 27.1. The van der Waals surface area contributed by atoms with Crippen LogP contribution in [0.3, 0.4) is 0 Å². The zero-order valence-corrected chi connectivity index (χ0v) is 22.5. The lowest BCUT2D eigenvalue weighted by molar-refractivity contribution is -0.239. The second-order valence-electron chi connectivity index (χ2n) is 13.2. The number of rotatable bonds is 7. The standard InChI is InChI=1S/C31H36F4O3/c1-17-23-13-21(29(23,4)5)14-26(17)38-27(37)30(31(33,34)35,16-25(36)18-7-10-22(32)11-8-18)15-19-6-9-20-12-24(19)28(20,2)3/h6-8,10-11,20-21,23-24,26H,1,9,12-16H2,2-5H3. The van der Waals surface area contributed by atoms with Crippen molar-refractivity contribution >= 4 is 11.8 Å². The molecule has 1 aromatic rings. The molecule has 0 aliphatic heterocycles. The SMILES string of the molecule is C=C1C(OC(=O)C(CC(=O)c2ccc(F)cc2)(CC2=CCC3CC2C3(C)C)C(F)(F)F)CC2CC1C2(C)C. The minimum absolute atomic E-state index is 0.0150. The molecule has 6 aliphatic rings. The molecule has 6 atom stereocenters. The zero-order valence-electron chi connectivity index (χ0n) is 22.5. The molecule has 0 spiro atoms. The molecule has 4 bridgehead atoms. The van der Waals surface area contributed by atoms with E-state index >= 15 is 13.2 Å². The molecule has 0 radical (unpaired) electrons. The summed E-state index contributed by atoms with van der Waals surface area (Å²) in [6.07, 6.45) is -2.93. The average Bonchev–Trinajstić information content (AvgIpc) is 2.83. The summed E-state index contributed by atoms with van der Waals surface area (Å²) in [7, 11) is 0. The van der Waals surface area contributed by atoms with Gasteiger partial charge in [0.2, 0.25) is 0 Å². The van der Waals surface area contributed by atoms with Crippen LogP contribution >= 0.6 is 0 Å². The molecule has 6 unspecified atom stereocenters. The summed E-state index contributed by atoms with van der Waals surface area (Å²) in [5, 5.41) is 0. The fourth-order valence-electron chi connectivity index (χ4n) is 7.61. The van der Waals surface area contributed by atoms with Gasteiger partial charge in [-0.1, -0.05) is 45.9 Å². The van der Waals surface area contributed by atoms with Crippen LogP contribution in [0.25, 0.3) is 0 Å². The molecule has 7 rings (SSSR count). The van der Waals surface area contributed by atoms with Gasteiger partial charge >= 0.3 is 12.1 Å². The highest BCUT2D eigenvalue weighted by molar-refractivity contribution is 5.99. The Morgan fingerprint density at radius 3 is 2.11 bits per heavy atom. The average molecular weight is 533 g/mol. The Bertz CT molecular complexity index is 1190. The lowest BCUT2D eigenvalue weighted by atomic mass is 9.47.